The van der Waals surface area contributed by atoms with Crippen molar-refractivity contribution in [2.75, 3.05) is 18.9 Å². The lowest BCUT2D eigenvalue weighted by molar-refractivity contribution is -0.146. The first-order valence-corrected chi connectivity index (χ1v) is 6.19. The van der Waals surface area contributed by atoms with E-state index < -0.39 is 17.6 Å². The van der Waals surface area contributed by atoms with Crippen LogP contribution in [0.2, 0.25) is 0 Å². The minimum atomic E-state index is -0.665. The van der Waals surface area contributed by atoms with E-state index in [1.165, 1.54) is 17.8 Å². The van der Waals surface area contributed by atoms with Crippen LogP contribution in [0.1, 0.15) is 6.92 Å². The number of aromatic amines is 1. The van der Waals surface area contributed by atoms with Crippen LogP contribution in [0.5, 0.6) is 0 Å². The highest BCUT2D eigenvalue weighted by molar-refractivity contribution is 5.74. The number of carbonyl (C=O) groups excluding carboxylic acids is 1. The molecule has 10 nitrogen and oxygen atoms in total. The van der Waals surface area contributed by atoms with Crippen LogP contribution in [-0.4, -0.2) is 44.7 Å². The van der Waals surface area contributed by atoms with E-state index in [0.29, 0.717) is 5.65 Å². The normalized spacial score (nSPS) is 12.5. The third-order valence-corrected chi connectivity index (χ3v) is 2.57. The molecular formula is C11H16N6O4. The Morgan fingerprint density at radius 2 is 2.29 bits per heavy atom. The summed E-state index contributed by atoms with van der Waals surface area (Å²) in [5, 5.41) is 0. The van der Waals surface area contributed by atoms with E-state index in [9.17, 15) is 9.59 Å². The summed E-state index contributed by atoms with van der Waals surface area (Å²) >= 11 is 0. The van der Waals surface area contributed by atoms with Crippen LogP contribution in [-0.2, 0) is 21.0 Å². The number of hydrogen-bond acceptors (Lipinski definition) is 8. The molecule has 2 aromatic rings. The number of fused-ring (bicyclic) bond motifs is 1. The van der Waals surface area contributed by atoms with Crippen molar-refractivity contribution in [2.45, 2.75) is 19.7 Å². The lowest BCUT2D eigenvalue weighted by atomic mass is 10.4. The third kappa shape index (κ3) is 3.55. The van der Waals surface area contributed by atoms with Crippen LogP contribution in [0, 0.1) is 0 Å². The minimum absolute atomic E-state index is 0.000105. The molecule has 0 saturated carbocycles. The number of nitrogens with one attached hydrogen (secondary N) is 1. The van der Waals surface area contributed by atoms with Gasteiger partial charge >= 0.3 is 5.97 Å². The number of nitrogen functional groups attached to an aromatic ring is 1. The van der Waals surface area contributed by atoms with Crippen LogP contribution in [0.4, 0.5) is 5.95 Å². The van der Waals surface area contributed by atoms with Gasteiger partial charge in [0.25, 0.3) is 5.56 Å². The molecule has 0 bridgehead atoms. The Kier molecular flexibility index (Phi) is 4.50. The molecule has 2 aromatic heterocycles. The maximum atomic E-state index is 11.6. The van der Waals surface area contributed by atoms with Crippen LogP contribution >= 0.6 is 0 Å². The fraction of sp³-hybridized carbons (Fsp3) is 0.455. The number of ether oxygens (including phenoxy) is 2. The number of anilines is 1. The van der Waals surface area contributed by atoms with Gasteiger partial charge in [0.2, 0.25) is 5.95 Å². The van der Waals surface area contributed by atoms with Gasteiger partial charge in [0.05, 0.1) is 12.9 Å². The largest absolute Gasteiger partial charge is 0.462 e. The summed E-state index contributed by atoms with van der Waals surface area (Å²) in [7, 11) is 0. The Labute approximate surface area is 119 Å². The second-order valence-electron chi connectivity index (χ2n) is 4.33. The monoisotopic (exact) mass is 296 g/mol. The van der Waals surface area contributed by atoms with E-state index in [0.717, 1.165) is 0 Å². The minimum Gasteiger partial charge on any atom is -0.462 e. The first-order valence-electron chi connectivity index (χ1n) is 6.19. The standard InChI is InChI=1S/C11H16N6O4/c1-6(12)10(19)21-3-2-20-5-17-4-14-7-8(17)15-11(13)16-9(7)18/h4,6H,2-3,5,12H2,1H3,(H3,13,15,16,18)/t6-/m1/s1. The highest BCUT2D eigenvalue weighted by atomic mass is 16.6. The predicted octanol–water partition coefficient (Wildman–Crippen LogP) is -1.43. The lowest BCUT2D eigenvalue weighted by Crippen LogP contribution is -2.29. The number of aromatic nitrogens is 4. The van der Waals surface area contributed by atoms with Crippen LogP contribution < -0.4 is 17.0 Å². The van der Waals surface area contributed by atoms with Crippen molar-refractivity contribution in [1.82, 2.24) is 19.5 Å². The highest BCUT2D eigenvalue weighted by Crippen LogP contribution is 2.06. The maximum Gasteiger partial charge on any atom is 0.322 e. The molecule has 0 saturated heterocycles. The first kappa shape index (κ1) is 14.9. The van der Waals surface area contributed by atoms with Gasteiger partial charge in [-0.1, -0.05) is 0 Å². The van der Waals surface area contributed by atoms with E-state index in [1.54, 1.807) is 0 Å². The number of carbonyl (C=O) groups is 1. The number of H-pyrrole nitrogens is 1. The summed E-state index contributed by atoms with van der Waals surface area (Å²) in [4.78, 5) is 32.9. The molecule has 0 aromatic carbocycles. The second-order valence-corrected chi connectivity index (χ2v) is 4.33. The van der Waals surface area contributed by atoms with Crippen molar-refractivity contribution in [3.63, 3.8) is 0 Å². The summed E-state index contributed by atoms with van der Waals surface area (Å²) < 4.78 is 11.7. The quantitative estimate of drug-likeness (QED) is 0.433. The Morgan fingerprint density at radius 3 is 3.00 bits per heavy atom. The van der Waals surface area contributed by atoms with Gasteiger partial charge < -0.3 is 20.9 Å². The summed E-state index contributed by atoms with van der Waals surface area (Å²) in [6.45, 7) is 1.90. The van der Waals surface area contributed by atoms with Crippen molar-refractivity contribution < 1.29 is 14.3 Å². The topological polar surface area (TPSA) is 151 Å². The van der Waals surface area contributed by atoms with E-state index >= 15 is 0 Å². The van der Waals surface area contributed by atoms with Crippen LogP contribution in [0.3, 0.4) is 0 Å². The molecule has 1 atom stereocenters. The average molecular weight is 296 g/mol. The zero-order valence-corrected chi connectivity index (χ0v) is 11.4. The van der Waals surface area contributed by atoms with Gasteiger partial charge in [0.15, 0.2) is 11.2 Å². The SMILES string of the molecule is C[C@@H](N)C(=O)OCCOCn1cnc2c(=O)[nH]c(N)nc21. The Balaban J connectivity index is 1.90. The molecule has 0 fully saturated rings. The fourth-order valence-electron chi connectivity index (χ4n) is 1.56. The number of rotatable bonds is 6. The molecule has 2 heterocycles. The summed E-state index contributed by atoms with van der Waals surface area (Å²) in [6, 6.07) is -0.665. The zero-order chi connectivity index (χ0) is 15.4. The summed E-state index contributed by atoms with van der Waals surface area (Å²) in [5.74, 6) is -0.493. The van der Waals surface area contributed by atoms with Crippen LogP contribution in [0.25, 0.3) is 11.2 Å². The predicted molar refractivity (Wildman–Crippen MR) is 73.1 cm³/mol. The molecule has 0 amide bonds. The van der Waals surface area contributed by atoms with Crippen molar-refractivity contribution in [3.05, 3.63) is 16.7 Å². The molecule has 0 unspecified atom stereocenters. The second kappa shape index (κ2) is 6.33. The van der Waals surface area contributed by atoms with Gasteiger partial charge in [-0.25, -0.2) is 4.98 Å². The number of hydrogen-bond donors (Lipinski definition) is 3. The lowest BCUT2D eigenvalue weighted by Gasteiger charge is -2.08. The van der Waals surface area contributed by atoms with Crippen molar-refractivity contribution in [2.24, 2.45) is 5.73 Å². The Hall–Kier alpha value is -2.46. The number of esters is 1. The molecule has 0 aliphatic rings. The fourth-order valence-corrected chi connectivity index (χ4v) is 1.56. The zero-order valence-electron chi connectivity index (χ0n) is 11.4. The van der Waals surface area contributed by atoms with Crippen molar-refractivity contribution in [1.29, 1.82) is 0 Å². The summed E-state index contributed by atoms with van der Waals surface area (Å²) in [6.07, 6.45) is 1.42. The van der Waals surface area contributed by atoms with Gasteiger partial charge in [-0.2, -0.15) is 4.98 Å². The summed E-state index contributed by atoms with van der Waals surface area (Å²) in [5.41, 5.74) is 10.9. The molecular weight excluding hydrogens is 280 g/mol. The molecule has 114 valence electrons. The van der Waals surface area contributed by atoms with Gasteiger partial charge in [0, 0.05) is 0 Å². The van der Waals surface area contributed by atoms with Gasteiger partial charge in [-0.05, 0) is 6.92 Å². The van der Waals surface area contributed by atoms with Gasteiger partial charge in [-0.3, -0.25) is 19.1 Å². The Morgan fingerprint density at radius 1 is 1.52 bits per heavy atom. The molecule has 0 aliphatic carbocycles. The van der Waals surface area contributed by atoms with Gasteiger partial charge in [-0.15, -0.1) is 0 Å². The molecule has 21 heavy (non-hydrogen) atoms. The first-order chi connectivity index (χ1) is 9.99. The van der Waals surface area contributed by atoms with E-state index in [-0.39, 0.29) is 31.4 Å². The number of imidazole rings is 1. The smallest absolute Gasteiger partial charge is 0.322 e. The number of nitrogens with two attached hydrogens (primary N) is 2. The van der Waals surface area contributed by atoms with Crippen molar-refractivity contribution >= 4 is 23.1 Å². The molecule has 2 rings (SSSR count). The van der Waals surface area contributed by atoms with Gasteiger partial charge in [0.1, 0.15) is 19.4 Å². The molecule has 0 radical (unpaired) electrons. The highest BCUT2D eigenvalue weighted by Gasteiger charge is 2.10. The third-order valence-electron chi connectivity index (χ3n) is 2.57. The van der Waals surface area contributed by atoms with E-state index in [4.69, 9.17) is 20.9 Å². The average Bonchev–Trinajstić information content (AvgIpc) is 2.81. The molecule has 5 N–H and O–H groups in total. The van der Waals surface area contributed by atoms with Crippen molar-refractivity contribution in [3.8, 4) is 0 Å². The van der Waals surface area contributed by atoms with E-state index in [2.05, 4.69) is 15.0 Å². The Bertz CT molecular complexity index is 692. The number of nitrogens with zero attached hydrogens (tertiary/aromatic N) is 3. The molecule has 10 heteroatoms. The maximum absolute atomic E-state index is 11.6. The van der Waals surface area contributed by atoms with E-state index in [1.807, 2.05) is 0 Å². The van der Waals surface area contributed by atoms with Crippen LogP contribution in [0.15, 0.2) is 11.1 Å². The molecule has 0 spiro atoms. The molecule has 0 aliphatic heterocycles.